The molecular weight excluding hydrogens is 502 g/mol. The first-order valence-corrected chi connectivity index (χ1v) is 12.5. The number of hydrogen-bond donors (Lipinski definition) is 1. The summed E-state index contributed by atoms with van der Waals surface area (Å²) in [6.45, 7) is 3.37. The van der Waals surface area contributed by atoms with Crippen molar-refractivity contribution in [2.24, 2.45) is 0 Å². The highest BCUT2D eigenvalue weighted by Gasteiger charge is 2.32. The summed E-state index contributed by atoms with van der Waals surface area (Å²) >= 11 is 12.8. The molecule has 36 heavy (non-hydrogen) atoms. The largest absolute Gasteiger partial charge is 0.481 e. The van der Waals surface area contributed by atoms with Gasteiger partial charge in [0.15, 0.2) is 18.2 Å². The fourth-order valence-corrected chi connectivity index (χ4v) is 4.15. The van der Waals surface area contributed by atoms with Gasteiger partial charge in [-0.25, -0.2) is 4.39 Å². The van der Waals surface area contributed by atoms with Crippen LogP contribution in [0.25, 0.3) is 0 Å². The van der Waals surface area contributed by atoms with Gasteiger partial charge in [-0.1, -0.05) is 78.7 Å². The SMILES string of the molecule is CC[C@H](C)NC(=O)[C@@H](Cc1ccccc1)N(Cc1c(Cl)cccc1Cl)C(=O)COc1ccccc1F. The first-order valence-electron chi connectivity index (χ1n) is 11.7. The van der Waals surface area contributed by atoms with Crippen LogP contribution in [-0.4, -0.2) is 35.4 Å². The molecule has 2 amide bonds. The molecular formula is C28H29Cl2FN2O3. The first kappa shape index (κ1) is 27.5. The van der Waals surface area contributed by atoms with Crippen LogP contribution in [-0.2, 0) is 22.6 Å². The van der Waals surface area contributed by atoms with Gasteiger partial charge in [0.1, 0.15) is 6.04 Å². The number of ether oxygens (including phenoxy) is 1. The minimum atomic E-state index is -0.884. The number of halogens is 3. The van der Waals surface area contributed by atoms with Crippen molar-refractivity contribution in [2.75, 3.05) is 6.61 Å². The van der Waals surface area contributed by atoms with Crippen LogP contribution in [0.15, 0.2) is 72.8 Å². The molecule has 2 atom stereocenters. The number of benzene rings is 3. The van der Waals surface area contributed by atoms with Crippen LogP contribution in [0.1, 0.15) is 31.4 Å². The lowest BCUT2D eigenvalue weighted by atomic mass is 10.0. The lowest BCUT2D eigenvalue weighted by Gasteiger charge is -2.32. The van der Waals surface area contributed by atoms with Gasteiger partial charge in [0.2, 0.25) is 5.91 Å². The molecule has 3 rings (SSSR count). The van der Waals surface area contributed by atoms with Gasteiger partial charge in [0.05, 0.1) is 0 Å². The molecule has 5 nitrogen and oxygen atoms in total. The van der Waals surface area contributed by atoms with Crippen molar-refractivity contribution in [3.05, 3.63) is 99.8 Å². The van der Waals surface area contributed by atoms with Crippen LogP contribution in [0, 0.1) is 5.82 Å². The van der Waals surface area contributed by atoms with E-state index in [-0.39, 0.29) is 30.7 Å². The quantitative estimate of drug-likeness (QED) is 0.327. The average Bonchev–Trinajstić information content (AvgIpc) is 2.87. The van der Waals surface area contributed by atoms with Gasteiger partial charge < -0.3 is 15.0 Å². The molecule has 0 aliphatic rings. The van der Waals surface area contributed by atoms with E-state index in [9.17, 15) is 14.0 Å². The summed E-state index contributed by atoms with van der Waals surface area (Å²) in [5, 5.41) is 3.73. The zero-order valence-electron chi connectivity index (χ0n) is 20.2. The molecule has 0 bridgehead atoms. The van der Waals surface area contributed by atoms with Gasteiger partial charge in [-0.2, -0.15) is 0 Å². The van der Waals surface area contributed by atoms with Crippen molar-refractivity contribution in [1.29, 1.82) is 0 Å². The molecule has 3 aromatic carbocycles. The van der Waals surface area contributed by atoms with Crippen molar-refractivity contribution >= 4 is 35.0 Å². The van der Waals surface area contributed by atoms with E-state index in [0.717, 1.165) is 12.0 Å². The standard InChI is InChI=1S/C28H29Cl2FN2O3/c1-3-19(2)32-28(35)25(16-20-10-5-4-6-11-20)33(17-21-22(29)12-9-13-23(21)30)27(34)18-36-26-15-8-7-14-24(26)31/h4-15,19,25H,3,16-18H2,1-2H3,(H,32,35)/t19-,25+/m0/s1. The highest BCUT2D eigenvalue weighted by molar-refractivity contribution is 6.36. The molecule has 0 fully saturated rings. The van der Waals surface area contributed by atoms with Gasteiger partial charge in [0, 0.05) is 34.6 Å². The van der Waals surface area contributed by atoms with E-state index < -0.39 is 24.4 Å². The van der Waals surface area contributed by atoms with E-state index in [2.05, 4.69) is 5.32 Å². The number of para-hydroxylation sites is 1. The highest BCUT2D eigenvalue weighted by Crippen LogP contribution is 2.27. The normalized spacial score (nSPS) is 12.5. The van der Waals surface area contributed by atoms with Crippen LogP contribution in [0.4, 0.5) is 4.39 Å². The monoisotopic (exact) mass is 530 g/mol. The Bertz CT molecular complexity index is 1160. The van der Waals surface area contributed by atoms with Crippen molar-refractivity contribution in [1.82, 2.24) is 10.2 Å². The molecule has 0 spiro atoms. The smallest absolute Gasteiger partial charge is 0.261 e. The Labute approximate surface area is 221 Å². The minimum Gasteiger partial charge on any atom is -0.481 e. The highest BCUT2D eigenvalue weighted by atomic mass is 35.5. The molecule has 190 valence electrons. The van der Waals surface area contributed by atoms with E-state index in [1.165, 1.54) is 23.1 Å². The predicted octanol–water partition coefficient (Wildman–Crippen LogP) is 6.07. The number of amides is 2. The summed E-state index contributed by atoms with van der Waals surface area (Å²) in [5.41, 5.74) is 1.38. The maximum absolute atomic E-state index is 14.1. The third kappa shape index (κ3) is 7.45. The Morgan fingerprint density at radius 1 is 0.972 bits per heavy atom. The molecule has 0 unspecified atom stereocenters. The average molecular weight is 531 g/mol. The number of carbonyl (C=O) groups is 2. The van der Waals surface area contributed by atoms with Gasteiger partial charge in [-0.15, -0.1) is 0 Å². The number of nitrogens with zero attached hydrogens (tertiary/aromatic N) is 1. The van der Waals surface area contributed by atoms with Crippen LogP contribution >= 0.6 is 23.2 Å². The van der Waals surface area contributed by atoms with Crippen LogP contribution in [0.2, 0.25) is 10.0 Å². The lowest BCUT2D eigenvalue weighted by Crippen LogP contribution is -2.53. The fourth-order valence-electron chi connectivity index (χ4n) is 3.63. The summed E-state index contributed by atoms with van der Waals surface area (Å²) in [6.07, 6.45) is 0.987. The Kier molecular flexibility index (Phi) is 10.1. The van der Waals surface area contributed by atoms with Crippen LogP contribution in [0.3, 0.4) is 0 Å². The van der Waals surface area contributed by atoms with Crippen molar-refractivity contribution in [3.8, 4) is 5.75 Å². The van der Waals surface area contributed by atoms with Crippen LogP contribution in [0.5, 0.6) is 5.75 Å². The zero-order chi connectivity index (χ0) is 26.1. The maximum Gasteiger partial charge on any atom is 0.261 e. The molecule has 0 heterocycles. The summed E-state index contributed by atoms with van der Waals surface area (Å²) in [7, 11) is 0. The summed E-state index contributed by atoms with van der Waals surface area (Å²) in [6, 6.07) is 19.3. The molecule has 0 aromatic heterocycles. The summed E-state index contributed by atoms with van der Waals surface area (Å²) in [4.78, 5) is 28.4. The third-order valence-corrected chi connectivity index (χ3v) is 6.56. The summed E-state index contributed by atoms with van der Waals surface area (Å²) < 4.78 is 19.6. The molecule has 1 N–H and O–H groups in total. The molecule has 0 saturated heterocycles. The Morgan fingerprint density at radius 3 is 2.25 bits per heavy atom. The molecule has 8 heteroatoms. The number of hydrogen-bond acceptors (Lipinski definition) is 3. The van der Waals surface area contributed by atoms with Crippen LogP contribution < -0.4 is 10.1 Å². The molecule has 0 saturated carbocycles. The summed E-state index contributed by atoms with van der Waals surface area (Å²) in [5.74, 6) is -1.45. The van der Waals surface area contributed by atoms with E-state index >= 15 is 0 Å². The number of nitrogens with one attached hydrogen (secondary N) is 1. The lowest BCUT2D eigenvalue weighted by molar-refractivity contribution is -0.143. The molecule has 0 aliphatic heterocycles. The Balaban J connectivity index is 1.97. The van der Waals surface area contributed by atoms with Crippen molar-refractivity contribution < 1.29 is 18.7 Å². The molecule has 0 radical (unpaired) electrons. The van der Waals surface area contributed by atoms with Gasteiger partial charge in [0.25, 0.3) is 5.91 Å². The van der Waals surface area contributed by atoms with E-state index in [0.29, 0.717) is 15.6 Å². The predicted molar refractivity (Wildman–Crippen MR) is 141 cm³/mol. The second-order valence-electron chi connectivity index (χ2n) is 8.46. The maximum atomic E-state index is 14.1. The zero-order valence-corrected chi connectivity index (χ0v) is 21.7. The fraction of sp³-hybridized carbons (Fsp3) is 0.286. The van der Waals surface area contributed by atoms with Crippen molar-refractivity contribution in [3.63, 3.8) is 0 Å². The Morgan fingerprint density at radius 2 is 1.61 bits per heavy atom. The molecule has 3 aromatic rings. The second-order valence-corrected chi connectivity index (χ2v) is 9.28. The topological polar surface area (TPSA) is 58.6 Å². The first-order chi connectivity index (χ1) is 17.3. The number of rotatable bonds is 11. The van der Waals surface area contributed by atoms with Crippen molar-refractivity contribution in [2.45, 2.75) is 45.3 Å². The molecule has 0 aliphatic carbocycles. The minimum absolute atomic E-state index is 0.0244. The Hall–Kier alpha value is -3.09. The van der Waals surface area contributed by atoms with E-state index in [4.69, 9.17) is 27.9 Å². The van der Waals surface area contributed by atoms with E-state index in [1.54, 1.807) is 24.3 Å². The third-order valence-electron chi connectivity index (χ3n) is 5.85. The van der Waals surface area contributed by atoms with Gasteiger partial charge in [-0.05, 0) is 43.2 Å². The van der Waals surface area contributed by atoms with E-state index in [1.807, 2.05) is 44.2 Å². The second kappa shape index (κ2) is 13.3. The van der Waals surface area contributed by atoms with Gasteiger partial charge in [-0.3, -0.25) is 9.59 Å². The van der Waals surface area contributed by atoms with Gasteiger partial charge >= 0.3 is 0 Å². The number of carbonyl (C=O) groups excluding carboxylic acids is 2.